The van der Waals surface area contributed by atoms with Crippen LogP contribution in [0.4, 0.5) is 4.79 Å². The molecule has 0 unspecified atom stereocenters. The number of aromatic nitrogens is 2. The molecule has 2 aromatic carbocycles. The second-order valence-electron chi connectivity index (χ2n) is 9.25. The molecule has 7 heteroatoms. The van der Waals surface area contributed by atoms with E-state index in [4.69, 9.17) is 26.2 Å². The third-order valence-electron chi connectivity index (χ3n) is 5.68. The van der Waals surface area contributed by atoms with Gasteiger partial charge in [0.15, 0.2) is 0 Å². The largest absolute Gasteiger partial charge is 0.497 e. The number of rotatable bonds is 4. The first kappa shape index (κ1) is 23.2. The number of hydrogen-bond acceptors (Lipinski definition) is 4. The van der Waals surface area contributed by atoms with Crippen molar-refractivity contribution in [1.29, 1.82) is 0 Å². The van der Waals surface area contributed by atoms with Gasteiger partial charge in [0.2, 0.25) is 0 Å². The Balaban J connectivity index is 1.66. The summed E-state index contributed by atoms with van der Waals surface area (Å²) in [6.45, 7) is 7.51. The van der Waals surface area contributed by atoms with Crippen LogP contribution in [0.15, 0.2) is 48.5 Å². The number of benzene rings is 2. The van der Waals surface area contributed by atoms with E-state index in [1.165, 1.54) is 5.56 Å². The minimum atomic E-state index is -0.518. The van der Waals surface area contributed by atoms with E-state index in [0.717, 1.165) is 34.7 Å². The summed E-state index contributed by atoms with van der Waals surface area (Å²) in [5.74, 6) is 0.827. The lowest BCUT2D eigenvalue weighted by Crippen LogP contribution is -2.38. The number of fused-ring (bicyclic) bond motifs is 1. The SMILES string of the molecule is COc1ccc(Cn2nc(-c3ccc(Cl)cc3)c3c2CCN(C(=O)OC(C)(C)C)CC3)cc1. The van der Waals surface area contributed by atoms with Gasteiger partial charge in [-0.15, -0.1) is 0 Å². The van der Waals surface area contributed by atoms with Gasteiger partial charge in [-0.3, -0.25) is 4.68 Å². The highest BCUT2D eigenvalue weighted by atomic mass is 35.5. The van der Waals surface area contributed by atoms with Crippen molar-refractivity contribution >= 4 is 17.7 Å². The number of hydrogen-bond donors (Lipinski definition) is 0. The molecule has 1 aromatic heterocycles. The Hall–Kier alpha value is -2.99. The van der Waals surface area contributed by atoms with E-state index in [2.05, 4.69) is 16.8 Å². The van der Waals surface area contributed by atoms with Crippen molar-refractivity contribution in [3.05, 3.63) is 70.4 Å². The maximum atomic E-state index is 12.7. The predicted molar refractivity (Wildman–Crippen MR) is 130 cm³/mol. The molecule has 6 nitrogen and oxygen atoms in total. The minimum absolute atomic E-state index is 0.268. The Morgan fingerprint density at radius 2 is 1.70 bits per heavy atom. The van der Waals surface area contributed by atoms with Gasteiger partial charge >= 0.3 is 6.09 Å². The zero-order valence-electron chi connectivity index (χ0n) is 19.6. The van der Waals surface area contributed by atoms with Crippen molar-refractivity contribution in [2.24, 2.45) is 0 Å². The lowest BCUT2D eigenvalue weighted by atomic mass is 10.0. The molecule has 2 heterocycles. The molecule has 0 bridgehead atoms. The third-order valence-corrected chi connectivity index (χ3v) is 5.93. The van der Waals surface area contributed by atoms with Crippen LogP contribution in [0, 0.1) is 0 Å². The second kappa shape index (κ2) is 9.48. The summed E-state index contributed by atoms with van der Waals surface area (Å²) < 4.78 is 13.0. The highest BCUT2D eigenvalue weighted by Crippen LogP contribution is 2.30. The number of halogens is 1. The maximum Gasteiger partial charge on any atom is 0.410 e. The standard InChI is InChI=1S/C26H30ClN3O3/c1-26(2,3)33-25(31)29-15-13-22-23(14-16-29)30(17-18-5-11-21(32-4)12-6-18)28-24(22)19-7-9-20(27)10-8-19/h5-12H,13-17H2,1-4H3. The fourth-order valence-corrected chi connectivity index (χ4v) is 4.19. The Morgan fingerprint density at radius 3 is 2.33 bits per heavy atom. The summed E-state index contributed by atoms with van der Waals surface area (Å²) in [7, 11) is 1.66. The van der Waals surface area contributed by atoms with Crippen LogP contribution in [0.3, 0.4) is 0 Å². The van der Waals surface area contributed by atoms with Crippen LogP contribution in [-0.2, 0) is 24.1 Å². The first-order valence-corrected chi connectivity index (χ1v) is 11.6. The van der Waals surface area contributed by atoms with Crippen LogP contribution in [0.1, 0.15) is 37.6 Å². The van der Waals surface area contributed by atoms with E-state index >= 15 is 0 Å². The summed E-state index contributed by atoms with van der Waals surface area (Å²) in [5.41, 5.74) is 4.92. The fourth-order valence-electron chi connectivity index (χ4n) is 4.06. The van der Waals surface area contributed by atoms with Gasteiger partial charge in [0.1, 0.15) is 11.4 Å². The molecular weight excluding hydrogens is 438 g/mol. The zero-order valence-corrected chi connectivity index (χ0v) is 20.4. The van der Waals surface area contributed by atoms with Crippen LogP contribution in [0.5, 0.6) is 5.75 Å². The molecule has 33 heavy (non-hydrogen) atoms. The molecule has 0 radical (unpaired) electrons. The van der Waals surface area contributed by atoms with Crippen molar-refractivity contribution < 1.29 is 14.3 Å². The topological polar surface area (TPSA) is 56.6 Å². The molecule has 0 atom stereocenters. The van der Waals surface area contributed by atoms with Crippen LogP contribution < -0.4 is 4.74 Å². The van der Waals surface area contributed by atoms with E-state index in [1.807, 2.05) is 57.2 Å². The number of carbonyl (C=O) groups is 1. The average Bonchev–Trinajstić information content (AvgIpc) is 2.95. The zero-order chi connectivity index (χ0) is 23.6. The normalized spacial score (nSPS) is 13.9. The summed E-state index contributed by atoms with van der Waals surface area (Å²) >= 11 is 6.12. The Morgan fingerprint density at radius 1 is 1.03 bits per heavy atom. The van der Waals surface area contributed by atoms with Gasteiger partial charge in [-0.1, -0.05) is 35.9 Å². The number of amides is 1. The summed E-state index contributed by atoms with van der Waals surface area (Å²) in [4.78, 5) is 14.5. The molecule has 0 fully saturated rings. The smallest absolute Gasteiger partial charge is 0.410 e. The molecule has 0 saturated carbocycles. The molecule has 174 valence electrons. The van der Waals surface area contributed by atoms with Crippen LogP contribution in [-0.4, -0.2) is 46.6 Å². The van der Waals surface area contributed by atoms with Crippen LogP contribution in [0.25, 0.3) is 11.3 Å². The van der Waals surface area contributed by atoms with Gasteiger partial charge in [-0.05, 0) is 57.0 Å². The molecule has 0 N–H and O–H groups in total. The van der Waals surface area contributed by atoms with Gasteiger partial charge in [0.05, 0.1) is 19.3 Å². The highest BCUT2D eigenvalue weighted by molar-refractivity contribution is 6.30. The average molecular weight is 468 g/mol. The fraction of sp³-hybridized carbons (Fsp3) is 0.385. The summed E-state index contributed by atoms with van der Waals surface area (Å²) in [6, 6.07) is 15.8. The molecule has 1 amide bonds. The molecule has 3 aromatic rings. The third kappa shape index (κ3) is 5.50. The van der Waals surface area contributed by atoms with Crippen molar-refractivity contribution in [3.8, 4) is 17.0 Å². The van der Waals surface area contributed by atoms with E-state index in [9.17, 15) is 4.79 Å². The molecule has 1 aliphatic heterocycles. The van der Waals surface area contributed by atoms with Gasteiger partial charge in [-0.25, -0.2) is 4.79 Å². The first-order valence-electron chi connectivity index (χ1n) is 11.2. The van der Waals surface area contributed by atoms with Crippen molar-refractivity contribution in [2.45, 2.75) is 45.8 Å². The molecule has 4 rings (SSSR count). The predicted octanol–water partition coefficient (Wildman–Crippen LogP) is 5.60. The van der Waals surface area contributed by atoms with Crippen LogP contribution in [0.2, 0.25) is 5.02 Å². The number of ether oxygens (including phenoxy) is 2. The van der Waals surface area contributed by atoms with Gasteiger partial charge in [0, 0.05) is 41.4 Å². The molecule has 0 saturated heterocycles. The van der Waals surface area contributed by atoms with Crippen LogP contribution >= 0.6 is 11.6 Å². The summed E-state index contributed by atoms with van der Waals surface area (Å²) in [6.07, 6.45) is 1.16. The monoisotopic (exact) mass is 467 g/mol. The van der Waals surface area contributed by atoms with E-state index in [-0.39, 0.29) is 6.09 Å². The van der Waals surface area contributed by atoms with Crippen molar-refractivity contribution in [3.63, 3.8) is 0 Å². The summed E-state index contributed by atoms with van der Waals surface area (Å²) in [5, 5.41) is 5.70. The van der Waals surface area contributed by atoms with Crippen molar-refractivity contribution in [2.75, 3.05) is 20.2 Å². The molecule has 0 aliphatic carbocycles. The quantitative estimate of drug-likeness (QED) is 0.501. The molecular formula is C26H30ClN3O3. The Kier molecular flexibility index (Phi) is 6.66. The maximum absolute atomic E-state index is 12.7. The Labute approximate surface area is 200 Å². The van der Waals surface area contributed by atoms with Gasteiger partial charge < -0.3 is 14.4 Å². The minimum Gasteiger partial charge on any atom is -0.497 e. The first-order chi connectivity index (χ1) is 15.7. The lowest BCUT2D eigenvalue weighted by molar-refractivity contribution is 0.0258. The van der Waals surface area contributed by atoms with Gasteiger partial charge in [0.25, 0.3) is 0 Å². The van der Waals surface area contributed by atoms with Gasteiger partial charge in [-0.2, -0.15) is 5.10 Å². The lowest BCUT2D eigenvalue weighted by Gasteiger charge is -2.26. The van der Waals surface area contributed by atoms with E-state index in [1.54, 1.807) is 12.0 Å². The molecule has 1 aliphatic rings. The number of methoxy groups -OCH3 is 1. The number of nitrogens with zero attached hydrogens (tertiary/aromatic N) is 3. The Bertz CT molecular complexity index is 1120. The van der Waals surface area contributed by atoms with Crippen molar-refractivity contribution in [1.82, 2.24) is 14.7 Å². The molecule has 0 spiro atoms. The highest BCUT2D eigenvalue weighted by Gasteiger charge is 2.28. The number of carbonyl (C=O) groups excluding carboxylic acids is 1. The van der Waals surface area contributed by atoms with E-state index < -0.39 is 5.60 Å². The van der Waals surface area contributed by atoms with E-state index in [0.29, 0.717) is 31.1 Å². The second-order valence-corrected chi connectivity index (χ2v) is 9.69.